The largest absolute Gasteiger partial charge is 0.298 e. The van der Waals surface area contributed by atoms with Gasteiger partial charge < -0.3 is 0 Å². The first-order valence-corrected chi connectivity index (χ1v) is 9.21. The Morgan fingerprint density at radius 2 is 1.62 bits per heavy atom. The topological polar surface area (TPSA) is 56.5 Å². The van der Waals surface area contributed by atoms with Gasteiger partial charge in [-0.15, -0.1) is 5.10 Å². The summed E-state index contributed by atoms with van der Waals surface area (Å²) >= 11 is 0. The summed E-state index contributed by atoms with van der Waals surface area (Å²) in [4.78, 5) is 3.72. The van der Waals surface area contributed by atoms with E-state index in [2.05, 4.69) is 20.5 Å². The molecule has 4 rings (SSSR count). The Balaban J connectivity index is 1.74. The highest BCUT2D eigenvalue weighted by molar-refractivity contribution is 5.63. The maximum absolute atomic E-state index is 15.5. The van der Waals surface area contributed by atoms with Crippen molar-refractivity contribution in [2.75, 3.05) is 0 Å². The van der Waals surface area contributed by atoms with Gasteiger partial charge in [0, 0.05) is 23.4 Å². The van der Waals surface area contributed by atoms with Crippen LogP contribution in [0.1, 0.15) is 17.2 Å². The maximum Gasteiger partial charge on any atom is 0.298 e. The second-order valence-corrected chi connectivity index (χ2v) is 6.93. The van der Waals surface area contributed by atoms with Gasteiger partial charge in [0.1, 0.15) is 35.3 Å². The van der Waals surface area contributed by atoms with Gasteiger partial charge in [0.2, 0.25) is 0 Å². The van der Waals surface area contributed by atoms with Crippen LogP contribution >= 0.6 is 0 Å². The van der Waals surface area contributed by atoms with Crippen molar-refractivity contribution >= 4 is 0 Å². The first-order valence-electron chi connectivity index (χ1n) is 9.21. The Kier molecular flexibility index (Phi) is 5.64. The average molecular weight is 449 g/mol. The molecule has 0 aliphatic heterocycles. The summed E-state index contributed by atoms with van der Waals surface area (Å²) in [7, 11) is 0. The molecule has 4 aromatic rings. The summed E-state index contributed by atoms with van der Waals surface area (Å²) in [6.45, 7) is -0.537. The molecule has 2 aromatic heterocycles. The number of nitrogens with zero attached hydrogens (tertiary/aromatic N) is 5. The molecule has 1 unspecified atom stereocenters. The Morgan fingerprint density at radius 3 is 2.28 bits per heavy atom. The van der Waals surface area contributed by atoms with E-state index < -0.39 is 52.9 Å². The van der Waals surface area contributed by atoms with Crippen LogP contribution in [0, 0.1) is 23.3 Å². The molecule has 0 fully saturated rings. The van der Waals surface area contributed by atoms with Crippen LogP contribution in [-0.2, 0) is 12.5 Å². The monoisotopic (exact) mass is 449 g/mol. The van der Waals surface area contributed by atoms with Crippen LogP contribution in [0.25, 0.3) is 11.1 Å². The van der Waals surface area contributed by atoms with Crippen LogP contribution in [0.2, 0.25) is 0 Å². The SMILES string of the molecule is Fc1ccc(C(Cn2cnnn2)C(F)(F)c2ccc(-c3cc(F)ccc3F)cn2)c(F)c1. The van der Waals surface area contributed by atoms with E-state index in [1.807, 2.05) is 0 Å². The predicted molar refractivity (Wildman–Crippen MR) is 100 cm³/mol. The molecule has 0 radical (unpaired) electrons. The van der Waals surface area contributed by atoms with Gasteiger partial charge in [-0.05, 0) is 46.3 Å². The summed E-state index contributed by atoms with van der Waals surface area (Å²) in [5.74, 6) is -9.15. The van der Waals surface area contributed by atoms with Gasteiger partial charge >= 0.3 is 0 Å². The summed E-state index contributed by atoms with van der Waals surface area (Å²) in [5.41, 5.74) is -1.29. The minimum Gasteiger partial charge on any atom is -0.254 e. The number of alkyl halides is 2. The molecule has 0 bridgehead atoms. The highest BCUT2D eigenvalue weighted by atomic mass is 19.3. The molecular weight excluding hydrogens is 436 g/mol. The second kappa shape index (κ2) is 8.40. The highest BCUT2D eigenvalue weighted by Gasteiger charge is 2.45. The molecule has 1 atom stereocenters. The van der Waals surface area contributed by atoms with Gasteiger partial charge in [-0.25, -0.2) is 22.2 Å². The van der Waals surface area contributed by atoms with Gasteiger partial charge in [0.25, 0.3) is 5.92 Å². The van der Waals surface area contributed by atoms with E-state index in [4.69, 9.17) is 0 Å². The quantitative estimate of drug-likeness (QED) is 0.395. The van der Waals surface area contributed by atoms with E-state index >= 15 is 8.78 Å². The number of halogens is 6. The summed E-state index contributed by atoms with van der Waals surface area (Å²) < 4.78 is 87.2. The molecule has 0 amide bonds. The Bertz CT molecular complexity index is 1230. The molecule has 0 spiro atoms. The van der Waals surface area contributed by atoms with Crippen molar-refractivity contribution in [2.45, 2.75) is 18.4 Å². The Morgan fingerprint density at radius 1 is 0.875 bits per heavy atom. The second-order valence-electron chi connectivity index (χ2n) is 6.93. The molecule has 2 aromatic carbocycles. The Hall–Kier alpha value is -3.76. The van der Waals surface area contributed by atoms with Gasteiger partial charge in [-0.1, -0.05) is 12.1 Å². The van der Waals surface area contributed by atoms with E-state index in [-0.39, 0.29) is 11.1 Å². The average Bonchev–Trinajstić information content (AvgIpc) is 3.28. The zero-order valence-corrected chi connectivity index (χ0v) is 16.1. The molecule has 5 nitrogen and oxygen atoms in total. The standard InChI is InChI=1S/C21H13F6N5/c22-13-3-5-18(24)16(7-13)12-1-6-20(28-9-12)21(26,27)17(10-32-11-29-30-31-32)15-4-2-14(23)8-19(15)25/h1-9,11,17H,10H2. The van der Waals surface area contributed by atoms with Crippen molar-refractivity contribution < 1.29 is 26.3 Å². The smallest absolute Gasteiger partial charge is 0.254 e. The van der Waals surface area contributed by atoms with Crippen molar-refractivity contribution in [3.8, 4) is 11.1 Å². The highest BCUT2D eigenvalue weighted by Crippen LogP contribution is 2.43. The van der Waals surface area contributed by atoms with Crippen molar-refractivity contribution in [2.24, 2.45) is 0 Å². The lowest BCUT2D eigenvalue weighted by molar-refractivity contribution is -0.0455. The van der Waals surface area contributed by atoms with E-state index in [9.17, 15) is 17.6 Å². The molecule has 164 valence electrons. The third-order valence-electron chi connectivity index (χ3n) is 4.88. The van der Waals surface area contributed by atoms with Crippen LogP contribution < -0.4 is 0 Å². The lowest BCUT2D eigenvalue weighted by atomic mass is 9.89. The maximum atomic E-state index is 15.5. The predicted octanol–water partition coefficient (Wildman–Crippen LogP) is 4.87. The summed E-state index contributed by atoms with van der Waals surface area (Å²) in [6.07, 6.45) is 2.05. The first-order chi connectivity index (χ1) is 15.3. The minimum absolute atomic E-state index is 0.0755. The lowest BCUT2D eigenvalue weighted by Crippen LogP contribution is -2.30. The minimum atomic E-state index is -3.76. The van der Waals surface area contributed by atoms with Crippen molar-refractivity contribution in [3.05, 3.63) is 95.6 Å². The van der Waals surface area contributed by atoms with Crippen molar-refractivity contribution in [1.29, 1.82) is 0 Å². The number of tetrazole rings is 1. The molecule has 0 saturated carbocycles. The van der Waals surface area contributed by atoms with E-state index in [1.165, 1.54) is 0 Å². The fourth-order valence-corrected chi connectivity index (χ4v) is 3.29. The molecule has 11 heteroatoms. The molecule has 32 heavy (non-hydrogen) atoms. The van der Waals surface area contributed by atoms with E-state index in [0.717, 1.165) is 59.7 Å². The van der Waals surface area contributed by atoms with Gasteiger partial charge in [-0.3, -0.25) is 4.98 Å². The van der Waals surface area contributed by atoms with Crippen LogP contribution in [-0.4, -0.2) is 25.2 Å². The van der Waals surface area contributed by atoms with Crippen LogP contribution in [0.3, 0.4) is 0 Å². The summed E-state index contributed by atoms with van der Waals surface area (Å²) in [5, 5.41) is 10.3. The van der Waals surface area contributed by atoms with Gasteiger partial charge in [-0.2, -0.15) is 8.78 Å². The normalized spacial score (nSPS) is 12.7. The third-order valence-corrected chi connectivity index (χ3v) is 4.88. The molecule has 0 aliphatic rings. The van der Waals surface area contributed by atoms with E-state index in [1.54, 1.807) is 0 Å². The number of pyridine rings is 1. The van der Waals surface area contributed by atoms with Crippen molar-refractivity contribution in [3.63, 3.8) is 0 Å². The number of hydrogen-bond donors (Lipinski definition) is 0. The van der Waals surface area contributed by atoms with Crippen molar-refractivity contribution in [1.82, 2.24) is 25.2 Å². The van der Waals surface area contributed by atoms with Crippen LogP contribution in [0.4, 0.5) is 26.3 Å². The fraction of sp³-hybridized carbons (Fsp3) is 0.143. The number of aromatic nitrogens is 5. The molecular formula is C21H13F6N5. The zero-order valence-electron chi connectivity index (χ0n) is 16.1. The van der Waals surface area contributed by atoms with Gasteiger partial charge in [0.15, 0.2) is 0 Å². The van der Waals surface area contributed by atoms with Gasteiger partial charge in [0.05, 0.1) is 12.5 Å². The Labute approximate surface area is 177 Å². The lowest BCUT2D eigenvalue weighted by Gasteiger charge is -2.27. The molecule has 0 saturated heterocycles. The number of rotatable bonds is 6. The number of hydrogen-bond acceptors (Lipinski definition) is 4. The van der Waals surface area contributed by atoms with E-state index in [0.29, 0.717) is 6.07 Å². The third kappa shape index (κ3) is 4.18. The van der Waals surface area contributed by atoms with Crippen LogP contribution in [0.5, 0.6) is 0 Å². The molecule has 0 N–H and O–H groups in total. The zero-order chi connectivity index (χ0) is 22.9. The van der Waals surface area contributed by atoms with Crippen LogP contribution in [0.15, 0.2) is 61.1 Å². The molecule has 0 aliphatic carbocycles. The summed E-state index contributed by atoms with van der Waals surface area (Å²) in [6, 6.07) is 7.13. The molecule has 2 heterocycles. The fourth-order valence-electron chi connectivity index (χ4n) is 3.29. The number of benzene rings is 2. The first kappa shape index (κ1) is 21.5.